The maximum Gasteiger partial charge on any atom is 0.408 e. The second kappa shape index (κ2) is 17.8. The first-order chi connectivity index (χ1) is 18.9. The van der Waals surface area contributed by atoms with Gasteiger partial charge in [0.15, 0.2) is 0 Å². The van der Waals surface area contributed by atoms with Crippen molar-refractivity contribution in [2.75, 3.05) is 31.7 Å². The fraction of sp³-hybridized carbons (Fsp3) is 0.667. The number of alkyl carbamates (subject to hydrolysis) is 1. The van der Waals surface area contributed by atoms with E-state index in [-0.39, 0.29) is 31.4 Å². The predicted octanol–water partition coefficient (Wildman–Crippen LogP) is 5.08. The third-order valence-electron chi connectivity index (χ3n) is 6.32. The minimum atomic E-state index is -0.941. The number of esters is 1. The van der Waals surface area contributed by atoms with Gasteiger partial charge in [-0.05, 0) is 83.1 Å². The van der Waals surface area contributed by atoms with Gasteiger partial charge in [0.1, 0.15) is 17.7 Å². The lowest BCUT2D eigenvalue weighted by Crippen LogP contribution is -2.53. The van der Waals surface area contributed by atoms with Gasteiger partial charge in [-0.25, -0.2) is 4.79 Å². The highest BCUT2D eigenvalue weighted by Gasteiger charge is 2.36. The normalized spacial score (nSPS) is 12.7. The van der Waals surface area contributed by atoms with Gasteiger partial charge in [0, 0.05) is 13.1 Å². The summed E-state index contributed by atoms with van der Waals surface area (Å²) in [6.45, 7) is 13.7. The summed E-state index contributed by atoms with van der Waals surface area (Å²) in [5.41, 5.74) is 1.88. The van der Waals surface area contributed by atoms with Crippen molar-refractivity contribution in [2.45, 2.75) is 98.3 Å². The van der Waals surface area contributed by atoms with E-state index >= 15 is 0 Å². The molecule has 3 amide bonds. The topological polar surface area (TPSA) is 114 Å². The molecule has 10 heteroatoms. The SMILES string of the molecule is CCCCCN(C(=O)C(CCSC)NC(=O)OC(C)(C)C)C(C(=O)NCCC(=O)OCC)c1cccc(C)c1C. The van der Waals surface area contributed by atoms with E-state index in [9.17, 15) is 19.2 Å². The van der Waals surface area contributed by atoms with E-state index < -0.39 is 29.7 Å². The monoisotopic (exact) mass is 579 g/mol. The average molecular weight is 580 g/mol. The first-order valence-electron chi connectivity index (χ1n) is 14.1. The molecular formula is C30H49N3O6S. The van der Waals surface area contributed by atoms with Crippen molar-refractivity contribution in [2.24, 2.45) is 0 Å². The highest BCUT2D eigenvalue weighted by atomic mass is 32.2. The standard InChI is InChI=1S/C30H49N3O6S/c1-9-11-12-19-33(28(36)24(17-20-40-8)32-29(37)39-30(5,6)7)26(23-15-13-14-21(3)22(23)4)27(35)31-18-16-25(34)38-10-2/h13-15,24,26H,9-12,16-20H2,1-8H3,(H,31,35)(H,32,37). The number of nitrogens with zero attached hydrogens (tertiary/aromatic N) is 1. The number of carbonyl (C=O) groups excluding carboxylic acids is 4. The maximum atomic E-state index is 14.2. The van der Waals surface area contributed by atoms with Crippen LogP contribution in [0.1, 0.15) is 89.5 Å². The van der Waals surface area contributed by atoms with Crippen LogP contribution in [0, 0.1) is 13.8 Å². The number of amides is 3. The van der Waals surface area contributed by atoms with Crippen LogP contribution in [-0.2, 0) is 23.9 Å². The Balaban J connectivity index is 3.49. The van der Waals surface area contributed by atoms with Crippen LogP contribution < -0.4 is 10.6 Å². The van der Waals surface area contributed by atoms with Crippen LogP contribution in [0.2, 0.25) is 0 Å². The number of aryl methyl sites for hydroxylation is 1. The molecule has 0 aliphatic rings. The molecule has 1 aromatic carbocycles. The molecule has 0 radical (unpaired) electrons. The molecule has 226 valence electrons. The molecule has 0 spiro atoms. The molecular weight excluding hydrogens is 530 g/mol. The number of carbonyl (C=O) groups is 4. The Morgan fingerprint density at radius 1 is 1.07 bits per heavy atom. The molecule has 0 aliphatic heterocycles. The van der Waals surface area contributed by atoms with Crippen molar-refractivity contribution in [3.8, 4) is 0 Å². The van der Waals surface area contributed by atoms with Gasteiger partial charge in [-0.2, -0.15) is 11.8 Å². The van der Waals surface area contributed by atoms with E-state index in [2.05, 4.69) is 17.6 Å². The van der Waals surface area contributed by atoms with Crippen molar-refractivity contribution < 1.29 is 28.7 Å². The Labute approximate surface area is 244 Å². The lowest BCUT2D eigenvalue weighted by molar-refractivity contribution is -0.144. The zero-order chi connectivity index (χ0) is 30.3. The second-order valence-electron chi connectivity index (χ2n) is 10.8. The minimum absolute atomic E-state index is 0.0272. The molecule has 0 aromatic heterocycles. The largest absolute Gasteiger partial charge is 0.466 e. The van der Waals surface area contributed by atoms with Gasteiger partial charge in [0.05, 0.1) is 13.0 Å². The summed E-state index contributed by atoms with van der Waals surface area (Å²) in [6, 6.07) is 3.88. The zero-order valence-corrected chi connectivity index (χ0v) is 26.4. The number of rotatable bonds is 16. The van der Waals surface area contributed by atoms with Gasteiger partial charge in [0.25, 0.3) is 0 Å². The van der Waals surface area contributed by atoms with Crippen molar-refractivity contribution in [1.82, 2.24) is 15.5 Å². The average Bonchev–Trinajstić information content (AvgIpc) is 2.87. The highest BCUT2D eigenvalue weighted by molar-refractivity contribution is 7.98. The van der Waals surface area contributed by atoms with E-state index in [0.29, 0.717) is 30.7 Å². The number of benzene rings is 1. The summed E-state index contributed by atoms with van der Waals surface area (Å²) in [7, 11) is 0. The Morgan fingerprint density at radius 2 is 1.77 bits per heavy atom. The Morgan fingerprint density at radius 3 is 2.38 bits per heavy atom. The van der Waals surface area contributed by atoms with E-state index in [1.165, 1.54) is 0 Å². The molecule has 2 N–H and O–H groups in total. The number of hydrogen-bond donors (Lipinski definition) is 2. The summed E-state index contributed by atoms with van der Waals surface area (Å²) >= 11 is 1.57. The van der Waals surface area contributed by atoms with Crippen LogP contribution >= 0.6 is 11.8 Å². The van der Waals surface area contributed by atoms with Crippen molar-refractivity contribution in [3.63, 3.8) is 0 Å². The van der Waals surface area contributed by atoms with Crippen LogP contribution in [0.3, 0.4) is 0 Å². The van der Waals surface area contributed by atoms with Gasteiger partial charge < -0.3 is 25.0 Å². The van der Waals surface area contributed by atoms with E-state index in [4.69, 9.17) is 9.47 Å². The molecule has 9 nitrogen and oxygen atoms in total. The van der Waals surface area contributed by atoms with E-state index in [1.54, 1.807) is 44.4 Å². The third-order valence-corrected chi connectivity index (χ3v) is 6.96. The van der Waals surface area contributed by atoms with E-state index in [0.717, 1.165) is 24.0 Å². The minimum Gasteiger partial charge on any atom is -0.466 e. The molecule has 0 fully saturated rings. The molecule has 0 bridgehead atoms. The third kappa shape index (κ3) is 12.2. The van der Waals surface area contributed by atoms with Gasteiger partial charge in [0.2, 0.25) is 11.8 Å². The molecule has 0 heterocycles. The highest BCUT2D eigenvalue weighted by Crippen LogP contribution is 2.28. The zero-order valence-electron chi connectivity index (χ0n) is 25.6. The number of ether oxygens (including phenoxy) is 2. The fourth-order valence-electron chi connectivity index (χ4n) is 4.18. The maximum absolute atomic E-state index is 14.2. The smallest absolute Gasteiger partial charge is 0.408 e. The molecule has 0 saturated heterocycles. The van der Waals surface area contributed by atoms with Crippen molar-refractivity contribution in [3.05, 3.63) is 34.9 Å². The molecule has 0 aliphatic carbocycles. The first-order valence-corrected chi connectivity index (χ1v) is 15.5. The Kier molecular flexibility index (Phi) is 15.7. The summed E-state index contributed by atoms with van der Waals surface area (Å²) in [5, 5.41) is 5.61. The molecule has 2 unspecified atom stereocenters. The predicted molar refractivity (Wildman–Crippen MR) is 160 cm³/mol. The number of thioether (sulfide) groups is 1. The van der Waals surface area contributed by atoms with Gasteiger partial charge in [-0.3, -0.25) is 14.4 Å². The number of nitrogens with one attached hydrogen (secondary N) is 2. The Bertz CT molecular complexity index is 979. The lowest BCUT2D eigenvalue weighted by atomic mass is 9.94. The van der Waals surface area contributed by atoms with Crippen LogP contribution in [0.4, 0.5) is 4.79 Å². The molecule has 40 heavy (non-hydrogen) atoms. The summed E-state index contributed by atoms with van der Waals surface area (Å²) < 4.78 is 10.4. The first kappa shape index (κ1) is 35.3. The van der Waals surface area contributed by atoms with Gasteiger partial charge in [-0.15, -0.1) is 0 Å². The van der Waals surface area contributed by atoms with Crippen LogP contribution in [0.25, 0.3) is 0 Å². The van der Waals surface area contributed by atoms with Crippen LogP contribution in [0.15, 0.2) is 18.2 Å². The lowest BCUT2D eigenvalue weighted by Gasteiger charge is -2.35. The molecule has 1 rings (SSSR count). The van der Waals surface area contributed by atoms with E-state index in [1.807, 2.05) is 38.3 Å². The fourth-order valence-corrected chi connectivity index (χ4v) is 4.65. The second-order valence-corrected chi connectivity index (χ2v) is 11.7. The van der Waals surface area contributed by atoms with Crippen LogP contribution in [0.5, 0.6) is 0 Å². The van der Waals surface area contributed by atoms with Gasteiger partial charge in [-0.1, -0.05) is 38.0 Å². The van der Waals surface area contributed by atoms with Crippen LogP contribution in [-0.4, -0.2) is 72.1 Å². The molecule has 2 atom stereocenters. The van der Waals surface area contributed by atoms with Crippen molar-refractivity contribution >= 4 is 35.6 Å². The summed E-state index contributed by atoms with van der Waals surface area (Å²) in [5.74, 6) is -0.499. The summed E-state index contributed by atoms with van der Waals surface area (Å²) in [6.07, 6.45) is 4.18. The quantitative estimate of drug-likeness (QED) is 0.207. The van der Waals surface area contributed by atoms with Crippen molar-refractivity contribution in [1.29, 1.82) is 0 Å². The number of unbranched alkanes of at least 4 members (excludes halogenated alkanes) is 2. The van der Waals surface area contributed by atoms with Gasteiger partial charge >= 0.3 is 12.1 Å². The Hall–Kier alpha value is -2.75. The summed E-state index contributed by atoms with van der Waals surface area (Å²) in [4.78, 5) is 54.2. The molecule has 0 saturated carbocycles. The number of hydrogen-bond acceptors (Lipinski definition) is 7. The molecule has 1 aromatic rings.